The van der Waals surface area contributed by atoms with Crippen LogP contribution in [0.25, 0.3) is 0 Å². The molecule has 0 spiro atoms. The van der Waals surface area contributed by atoms with Crippen LogP contribution >= 0.6 is 27.3 Å². The zero-order valence-electron chi connectivity index (χ0n) is 12.0. The minimum absolute atomic E-state index is 0.102. The van der Waals surface area contributed by atoms with Crippen LogP contribution in [0.2, 0.25) is 0 Å². The fraction of sp³-hybridized carbons (Fsp3) is 0.412. The van der Waals surface area contributed by atoms with Crippen LogP contribution < -0.4 is 5.73 Å². The maximum Gasteiger partial charge on any atom is 0.0330 e. The highest BCUT2D eigenvalue weighted by Crippen LogP contribution is 2.31. The molecular weight excluding hydrogens is 344 g/mol. The third-order valence-corrected chi connectivity index (χ3v) is 5.62. The summed E-state index contributed by atoms with van der Waals surface area (Å²) in [6.07, 6.45) is 3.69. The first-order chi connectivity index (χ1) is 10.2. The van der Waals surface area contributed by atoms with Gasteiger partial charge in [0.15, 0.2) is 0 Å². The van der Waals surface area contributed by atoms with Crippen LogP contribution in [-0.2, 0) is 6.54 Å². The molecule has 1 unspecified atom stereocenters. The minimum Gasteiger partial charge on any atom is -0.324 e. The molecule has 2 nitrogen and oxygen atoms in total. The summed E-state index contributed by atoms with van der Waals surface area (Å²) in [5, 5.41) is 2.16. The van der Waals surface area contributed by atoms with E-state index >= 15 is 0 Å². The zero-order valence-corrected chi connectivity index (χ0v) is 14.4. The number of halogens is 1. The van der Waals surface area contributed by atoms with Crippen molar-refractivity contribution in [3.8, 4) is 0 Å². The van der Waals surface area contributed by atoms with Crippen molar-refractivity contribution in [1.29, 1.82) is 0 Å². The molecule has 1 atom stereocenters. The molecule has 0 bridgehead atoms. The molecule has 3 rings (SSSR count). The molecule has 2 aromatic rings. The van der Waals surface area contributed by atoms with E-state index in [0.717, 1.165) is 30.0 Å². The van der Waals surface area contributed by atoms with Crippen molar-refractivity contribution in [3.63, 3.8) is 0 Å². The second kappa shape index (κ2) is 7.05. The smallest absolute Gasteiger partial charge is 0.0330 e. The van der Waals surface area contributed by atoms with Crippen LogP contribution in [0.1, 0.15) is 35.7 Å². The molecule has 0 radical (unpaired) electrons. The van der Waals surface area contributed by atoms with Gasteiger partial charge in [-0.1, -0.05) is 40.2 Å². The quantitative estimate of drug-likeness (QED) is 0.779. The number of nitrogens with zero attached hydrogens (tertiary/aromatic N) is 1. The second-order valence-corrected chi connectivity index (χ2v) is 7.58. The lowest BCUT2D eigenvalue weighted by Gasteiger charge is -2.23. The summed E-state index contributed by atoms with van der Waals surface area (Å²) in [6.45, 7) is 2.15. The molecule has 0 amide bonds. The van der Waals surface area contributed by atoms with Crippen molar-refractivity contribution in [1.82, 2.24) is 4.90 Å². The lowest BCUT2D eigenvalue weighted by molar-refractivity contribution is 0.246. The van der Waals surface area contributed by atoms with Crippen molar-refractivity contribution >= 4 is 27.3 Å². The number of hydrogen-bond acceptors (Lipinski definition) is 3. The van der Waals surface area contributed by atoms with Crippen LogP contribution in [0.15, 0.2) is 46.3 Å². The number of hydrogen-bond donors (Lipinski definition) is 1. The summed E-state index contributed by atoms with van der Waals surface area (Å²) in [6, 6.07) is 13.5. The van der Waals surface area contributed by atoms with Crippen LogP contribution in [-0.4, -0.2) is 17.5 Å². The molecular formula is C17H21BrN2S. The maximum atomic E-state index is 6.38. The summed E-state index contributed by atoms with van der Waals surface area (Å²) in [7, 11) is 0. The number of thiophene rings is 1. The van der Waals surface area contributed by atoms with E-state index in [4.69, 9.17) is 5.73 Å². The van der Waals surface area contributed by atoms with Crippen LogP contribution in [0.4, 0.5) is 0 Å². The van der Waals surface area contributed by atoms with Crippen molar-refractivity contribution < 1.29 is 0 Å². The van der Waals surface area contributed by atoms with Gasteiger partial charge in [0.25, 0.3) is 0 Å². The fourth-order valence-corrected chi connectivity index (χ4v) is 3.98. The van der Waals surface area contributed by atoms with E-state index in [0.29, 0.717) is 0 Å². The molecule has 1 aliphatic carbocycles. The van der Waals surface area contributed by atoms with E-state index in [1.165, 1.54) is 23.3 Å². The highest BCUT2D eigenvalue weighted by Gasteiger charge is 2.29. The average molecular weight is 365 g/mol. The van der Waals surface area contributed by atoms with E-state index in [1.54, 1.807) is 0 Å². The molecule has 4 heteroatoms. The lowest BCUT2D eigenvalue weighted by atomic mass is 10.0. The van der Waals surface area contributed by atoms with Gasteiger partial charge in [-0.25, -0.2) is 0 Å². The first kappa shape index (κ1) is 15.2. The molecule has 1 aromatic carbocycles. The van der Waals surface area contributed by atoms with E-state index in [9.17, 15) is 0 Å². The van der Waals surface area contributed by atoms with Gasteiger partial charge in [-0.05, 0) is 42.3 Å². The van der Waals surface area contributed by atoms with Gasteiger partial charge in [0.05, 0.1) is 0 Å². The largest absolute Gasteiger partial charge is 0.324 e. The van der Waals surface area contributed by atoms with Crippen molar-refractivity contribution in [2.75, 3.05) is 6.54 Å². The minimum atomic E-state index is 0.102. The third kappa shape index (κ3) is 4.16. The summed E-state index contributed by atoms with van der Waals surface area (Å²) < 4.78 is 1.12. The second-order valence-electron chi connectivity index (χ2n) is 5.70. The first-order valence-electron chi connectivity index (χ1n) is 7.50. The molecule has 2 N–H and O–H groups in total. The fourth-order valence-electron chi connectivity index (χ4n) is 2.67. The van der Waals surface area contributed by atoms with Gasteiger partial charge in [0.1, 0.15) is 0 Å². The molecule has 1 aliphatic rings. The lowest BCUT2D eigenvalue weighted by Crippen LogP contribution is -2.29. The normalized spacial score (nSPS) is 16.3. The standard InChI is InChI=1S/C17H21BrN2S/c18-16-6-2-1-5-15(16)17(19)9-10-20(13-7-8-13)12-14-4-3-11-21-14/h1-6,11,13,17H,7-10,12,19H2. The third-order valence-electron chi connectivity index (χ3n) is 4.03. The highest BCUT2D eigenvalue weighted by molar-refractivity contribution is 9.10. The Morgan fingerprint density at radius 2 is 2.05 bits per heavy atom. The molecule has 1 saturated carbocycles. The first-order valence-corrected chi connectivity index (χ1v) is 9.18. The molecule has 1 heterocycles. The van der Waals surface area contributed by atoms with Gasteiger partial charge >= 0.3 is 0 Å². The van der Waals surface area contributed by atoms with E-state index in [-0.39, 0.29) is 6.04 Å². The van der Waals surface area contributed by atoms with Gasteiger partial charge in [0.2, 0.25) is 0 Å². The molecule has 0 aliphatic heterocycles. The van der Waals surface area contributed by atoms with Crippen molar-refractivity contribution in [3.05, 3.63) is 56.7 Å². The van der Waals surface area contributed by atoms with Gasteiger partial charge in [-0.15, -0.1) is 11.3 Å². The Balaban J connectivity index is 1.58. The SMILES string of the molecule is NC(CCN(Cc1cccs1)C1CC1)c1ccccc1Br. The zero-order chi connectivity index (χ0) is 14.7. The number of benzene rings is 1. The molecule has 1 aromatic heterocycles. The summed E-state index contributed by atoms with van der Waals surface area (Å²) in [4.78, 5) is 4.05. The number of rotatable bonds is 7. The monoisotopic (exact) mass is 364 g/mol. The molecule has 0 saturated heterocycles. The van der Waals surface area contributed by atoms with E-state index in [1.807, 2.05) is 17.4 Å². The topological polar surface area (TPSA) is 29.3 Å². The van der Waals surface area contributed by atoms with Gasteiger partial charge in [-0.2, -0.15) is 0 Å². The van der Waals surface area contributed by atoms with Gasteiger partial charge < -0.3 is 5.73 Å². The van der Waals surface area contributed by atoms with Crippen molar-refractivity contribution in [2.24, 2.45) is 5.73 Å². The predicted molar refractivity (Wildman–Crippen MR) is 93.4 cm³/mol. The Kier molecular flexibility index (Phi) is 5.11. The van der Waals surface area contributed by atoms with Crippen LogP contribution in [0.3, 0.4) is 0 Å². The number of nitrogens with two attached hydrogens (primary N) is 1. The molecule has 112 valence electrons. The average Bonchev–Trinajstić information content (AvgIpc) is 3.21. The Bertz CT molecular complexity index is 566. The summed E-state index contributed by atoms with van der Waals surface area (Å²) >= 11 is 5.45. The Labute approximate surface area is 139 Å². The van der Waals surface area contributed by atoms with Crippen molar-refractivity contribution in [2.45, 2.75) is 37.9 Å². The summed E-state index contributed by atoms with van der Waals surface area (Å²) in [5.41, 5.74) is 7.60. The summed E-state index contributed by atoms with van der Waals surface area (Å²) in [5.74, 6) is 0. The van der Waals surface area contributed by atoms with Gasteiger partial charge in [-0.3, -0.25) is 4.90 Å². The van der Waals surface area contributed by atoms with Gasteiger partial charge in [0, 0.05) is 34.5 Å². The van der Waals surface area contributed by atoms with E-state index in [2.05, 4.69) is 56.5 Å². The highest BCUT2D eigenvalue weighted by atomic mass is 79.9. The van der Waals surface area contributed by atoms with Crippen LogP contribution in [0, 0.1) is 0 Å². The Morgan fingerprint density at radius 3 is 2.71 bits per heavy atom. The molecule has 21 heavy (non-hydrogen) atoms. The molecule has 1 fully saturated rings. The van der Waals surface area contributed by atoms with Crippen LogP contribution in [0.5, 0.6) is 0 Å². The maximum absolute atomic E-state index is 6.38. The predicted octanol–water partition coefficient (Wildman–Crippen LogP) is 4.57. The Morgan fingerprint density at radius 1 is 1.24 bits per heavy atom. The Hall–Kier alpha value is -0.680. The van der Waals surface area contributed by atoms with E-state index < -0.39 is 0 Å².